The van der Waals surface area contributed by atoms with E-state index in [9.17, 15) is 9.90 Å². The Balaban J connectivity index is 1.95. The number of aliphatic carboxylic acids is 1. The summed E-state index contributed by atoms with van der Waals surface area (Å²) in [6.45, 7) is 1.81. The molecular formula is C20H16BrNO2S. The van der Waals surface area contributed by atoms with Crippen LogP contribution in [0.1, 0.15) is 18.9 Å². The third-order valence-electron chi connectivity index (χ3n) is 4.78. The Bertz CT molecular complexity index is 1000. The van der Waals surface area contributed by atoms with Crippen LogP contribution in [0.3, 0.4) is 0 Å². The zero-order valence-electron chi connectivity index (χ0n) is 13.6. The van der Waals surface area contributed by atoms with Gasteiger partial charge in [-0.2, -0.15) is 0 Å². The van der Waals surface area contributed by atoms with Crippen LogP contribution in [0.15, 0.2) is 58.2 Å². The number of nitrogens with zero attached hydrogens (tertiary/aromatic N) is 1. The molecule has 1 unspecified atom stereocenters. The minimum absolute atomic E-state index is 0.617. The normalized spacial score (nSPS) is 19.6. The van der Waals surface area contributed by atoms with Gasteiger partial charge in [0.2, 0.25) is 0 Å². The van der Waals surface area contributed by atoms with Crippen LogP contribution in [-0.4, -0.2) is 20.8 Å². The lowest BCUT2D eigenvalue weighted by atomic mass is 9.95. The van der Waals surface area contributed by atoms with Crippen molar-refractivity contribution in [1.82, 2.24) is 4.98 Å². The van der Waals surface area contributed by atoms with E-state index in [2.05, 4.69) is 39.1 Å². The standard InChI is InChI=1S/C20H16BrNO2S/c1-20(19(23)24)9-8-12-10-22-11-16(18(12)25-20)14-6-7-17(21)15-5-3-2-4-13(14)15/h2-7,10-11H,8-9H2,1H3,(H,23,24). The number of carboxylic acid groups (broad SMARTS) is 1. The number of aryl methyl sites for hydroxylation is 1. The van der Waals surface area contributed by atoms with Crippen LogP contribution in [0, 0.1) is 0 Å². The second kappa shape index (κ2) is 6.15. The minimum atomic E-state index is -0.797. The number of hydrogen-bond acceptors (Lipinski definition) is 3. The van der Waals surface area contributed by atoms with Crippen LogP contribution in [0.2, 0.25) is 0 Å². The summed E-state index contributed by atoms with van der Waals surface area (Å²) in [4.78, 5) is 17.2. The third kappa shape index (κ3) is 2.75. The molecule has 25 heavy (non-hydrogen) atoms. The Morgan fingerprint density at radius 1 is 1.16 bits per heavy atom. The molecule has 0 fully saturated rings. The molecule has 0 amide bonds. The molecule has 1 N–H and O–H groups in total. The van der Waals surface area contributed by atoms with Gasteiger partial charge in [0.15, 0.2) is 0 Å². The molecule has 2 heterocycles. The van der Waals surface area contributed by atoms with Crippen molar-refractivity contribution in [1.29, 1.82) is 0 Å². The number of fused-ring (bicyclic) bond motifs is 2. The van der Waals surface area contributed by atoms with Crippen molar-refractivity contribution >= 4 is 44.4 Å². The average molecular weight is 414 g/mol. The topological polar surface area (TPSA) is 50.2 Å². The van der Waals surface area contributed by atoms with Crippen LogP contribution in [0.5, 0.6) is 0 Å². The van der Waals surface area contributed by atoms with E-state index in [0.29, 0.717) is 6.42 Å². The highest BCUT2D eigenvalue weighted by atomic mass is 79.9. The Morgan fingerprint density at radius 3 is 2.68 bits per heavy atom. The Kier molecular flexibility index (Phi) is 4.08. The Hall–Kier alpha value is -1.85. The molecule has 0 aliphatic carbocycles. The zero-order valence-corrected chi connectivity index (χ0v) is 16.0. The second-order valence-electron chi connectivity index (χ2n) is 6.45. The summed E-state index contributed by atoms with van der Waals surface area (Å²) in [6.07, 6.45) is 5.08. The van der Waals surface area contributed by atoms with Crippen molar-refractivity contribution in [2.45, 2.75) is 29.4 Å². The van der Waals surface area contributed by atoms with Gasteiger partial charge in [-0.1, -0.05) is 46.3 Å². The van der Waals surface area contributed by atoms with E-state index < -0.39 is 10.7 Å². The maximum absolute atomic E-state index is 11.7. The van der Waals surface area contributed by atoms with Gasteiger partial charge in [0.05, 0.1) is 0 Å². The first kappa shape index (κ1) is 16.6. The number of aromatic nitrogens is 1. The summed E-state index contributed by atoms with van der Waals surface area (Å²) in [7, 11) is 0. The molecule has 3 nitrogen and oxygen atoms in total. The summed E-state index contributed by atoms with van der Waals surface area (Å²) in [6, 6.07) is 12.3. The predicted octanol–water partition coefficient (Wildman–Crippen LogP) is 5.55. The highest BCUT2D eigenvalue weighted by Crippen LogP contribution is 2.48. The smallest absolute Gasteiger partial charge is 0.319 e. The van der Waals surface area contributed by atoms with Gasteiger partial charge in [0, 0.05) is 27.3 Å². The highest BCUT2D eigenvalue weighted by Gasteiger charge is 2.39. The number of carbonyl (C=O) groups is 1. The van der Waals surface area contributed by atoms with Gasteiger partial charge in [0.25, 0.3) is 0 Å². The average Bonchev–Trinajstić information content (AvgIpc) is 2.62. The lowest BCUT2D eigenvalue weighted by molar-refractivity contribution is -0.139. The van der Waals surface area contributed by atoms with E-state index in [0.717, 1.165) is 43.3 Å². The van der Waals surface area contributed by atoms with Crippen LogP contribution < -0.4 is 0 Å². The molecule has 1 atom stereocenters. The molecule has 0 bridgehead atoms. The number of carboxylic acids is 1. The van der Waals surface area contributed by atoms with Gasteiger partial charge < -0.3 is 5.11 Å². The van der Waals surface area contributed by atoms with E-state index in [-0.39, 0.29) is 0 Å². The molecule has 0 saturated heterocycles. The van der Waals surface area contributed by atoms with Crippen molar-refractivity contribution in [3.63, 3.8) is 0 Å². The number of thioether (sulfide) groups is 1. The molecule has 5 heteroatoms. The maximum Gasteiger partial charge on any atom is 0.319 e. The molecule has 2 aromatic carbocycles. The van der Waals surface area contributed by atoms with E-state index in [4.69, 9.17) is 0 Å². The molecule has 4 rings (SSSR count). The van der Waals surface area contributed by atoms with Crippen molar-refractivity contribution in [2.24, 2.45) is 0 Å². The molecule has 1 aliphatic heterocycles. The molecule has 0 saturated carbocycles. The highest BCUT2D eigenvalue weighted by molar-refractivity contribution is 9.10. The number of pyridine rings is 1. The van der Waals surface area contributed by atoms with Crippen LogP contribution in [-0.2, 0) is 11.2 Å². The van der Waals surface area contributed by atoms with Gasteiger partial charge in [-0.25, -0.2) is 0 Å². The SMILES string of the molecule is CC1(C(=O)O)CCc2cncc(-c3ccc(Br)c4ccccc34)c2S1. The summed E-state index contributed by atoms with van der Waals surface area (Å²) in [5.74, 6) is -0.758. The molecule has 1 aromatic heterocycles. The van der Waals surface area contributed by atoms with Crippen LogP contribution in [0.25, 0.3) is 21.9 Å². The van der Waals surface area contributed by atoms with Gasteiger partial charge in [-0.3, -0.25) is 9.78 Å². The fourth-order valence-corrected chi connectivity index (χ4v) is 5.06. The van der Waals surface area contributed by atoms with Crippen molar-refractivity contribution in [3.8, 4) is 11.1 Å². The van der Waals surface area contributed by atoms with Gasteiger partial charge in [-0.15, -0.1) is 11.8 Å². The van der Waals surface area contributed by atoms with E-state index in [1.807, 2.05) is 37.5 Å². The quantitative estimate of drug-likeness (QED) is 0.598. The zero-order chi connectivity index (χ0) is 17.6. The van der Waals surface area contributed by atoms with Crippen molar-refractivity contribution in [2.75, 3.05) is 0 Å². The summed E-state index contributed by atoms with van der Waals surface area (Å²) in [5.41, 5.74) is 3.23. The third-order valence-corrected chi connectivity index (χ3v) is 6.99. The molecular weight excluding hydrogens is 398 g/mol. The van der Waals surface area contributed by atoms with Gasteiger partial charge in [-0.05, 0) is 47.7 Å². The van der Waals surface area contributed by atoms with E-state index in [1.165, 1.54) is 11.8 Å². The van der Waals surface area contributed by atoms with E-state index in [1.54, 1.807) is 0 Å². The molecule has 126 valence electrons. The minimum Gasteiger partial charge on any atom is -0.480 e. The fourth-order valence-electron chi connectivity index (χ4n) is 3.28. The maximum atomic E-state index is 11.7. The largest absolute Gasteiger partial charge is 0.480 e. The first-order chi connectivity index (χ1) is 12.0. The fraction of sp³-hybridized carbons (Fsp3) is 0.200. The second-order valence-corrected chi connectivity index (χ2v) is 8.82. The Morgan fingerprint density at radius 2 is 1.92 bits per heavy atom. The van der Waals surface area contributed by atoms with Crippen molar-refractivity contribution in [3.05, 3.63) is 58.8 Å². The van der Waals surface area contributed by atoms with Crippen LogP contribution >= 0.6 is 27.7 Å². The number of hydrogen-bond donors (Lipinski definition) is 1. The summed E-state index contributed by atoms with van der Waals surface area (Å²) in [5, 5.41) is 11.9. The molecule has 1 aliphatic rings. The first-order valence-electron chi connectivity index (χ1n) is 8.06. The van der Waals surface area contributed by atoms with Crippen LogP contribution in [0.4, 0.5) is 0 Å². The predicted molar refractivity (Wildman–Crippen MR) is 105 cm³/mol. The van der Waals surface area contributed by atoms with Gasteiger partial charge in [0.1, 0.15) is 4.75 Å². The lowest BCUT2D eigenvalue weighted by Gasteiger charge is -2.31. The molecule has 0 radical (unpaired) electrons. The summed E-state index contributed by atoms with van der Waals surface area (Å²) < 4.78 is 0.251. The van der Waals surface area contributed by atoms with Crippen molar-refractivity contribution < 1.29 is 9.90 Å². The monoisotopic (exact) mass is 413 g/mol. The first-order valence-corrected chi connectivity index (χ1v) is 9.67. The van der Waals surface area contributed by atoms with E-state index >= 15 is 0 Å². The summed E-state index contributed by atoms with van der Waals surface area (Å²) >= 11 is 5.07. The lowest BCUT2D eigenvalue weighted by Crippen LogP contribution is -2.34. The molecule has 0 spiro atoms. The Labute approximate surface area is 158 Å². The number of halogens is 1. The molecule has 3 aromatic rings. The number of rotatable bonds is 2. The number of benzene rings is 2. The van der Waals surface area contributed by atoms with Gasteiger partial charge >= 0.3 is 5.97 Å².